The summed E-state index contributed by atoms with van der Waals surface area (Å²) in [6.07, 6.45) is 0.130. The molecule has 1 fully saturated rings. The van der Waals surface area contributed by atoms with E-state index in [4.69, 9.17) is 14.6 Å². The molecule has 0 radical (unpaired) electrons. The van der Waals surface area contributed by atoms with Gasteiger partial charge in [0.2, 0.25) is 0 Å². The quantitative estimate of drug-likeness (QED) is 0.691. The molecule has 1 aliphatic heterocycles. The summed E-state index contributed by atoms with van der Waals surface area (Å²) in [6, 6.07) is -0.975. The van der Waals surface area contributed by atoms with E-state index >= 15 is 0 Å². The molecule has 6 heteroatoms. The third-order valence-electron chi connectivity index (χ3n) is 2.04. The summed E-state index contributed by atoms with van der Waals surface area (Å²) in [5, 5.41) is 8.83. The Hall–Kier alpha value is -1.56. The number of aliphatic carboxylic acids is 1. The van der Waals surface area contributed by atoms with Crippen molar-refractivity contribution in [2.24, 2.45) is 0 Å². The number of hydrogen-bond acceptors (Lipinski definition) is 4. The second kappa shape index (κ2) is 4.79. The third-order valence-corrected chi connectivity index (χ3v) is 2.04. The Balaban J connectivity index is 2.66. The molecule has 6 nitrogen and oxygen atoms in total. The summed E-state index contributed by atoms with van der Waals surface area (Å²) in [7, 11) is 0. The van der Waals surface area contributed by atoms with Crippen molar-refractivity contribution in [2.45, 2.75) is 19.2 Å². The summed E-state index contributed by atoms with van der Waals surface area (Å²) >= 11 is 0. The van der Waals surface area contributed by atoms with Crippen molar-refractivity contribution in [3.05, 3.63) is 12.7 Å². The largest absolute Gasteiger partial charge is 0.480 e. The Morgan fingerprint density at radius 1 is 1.73 bits per heavy atom. The van der Waals surface area contributed by atoms with Gasteiger partial charge >= 0.3 is 12.1 Å². The molecule has 1 saturated heterocycles. The number of amides is 1. The number of carbonyl (C=O) groups excluding carboxylic acids is 1. The van der Waals surface area contributed by atoms with E-state index in [1.165, 1.54) is 6.08 Å². The molecule has 1 N–H and O–H groups in total. The highest BCUT2D eigenvalue weighted by molar-refractivity contribution is 5.80. The third kappa shape index (κ3) is 2.47. The summed E-state index contributed by atoms with van der Waals surface area (Å²) in [5.41, 5.74) is 0. The summed E-state index contributed by atoms with van der Waals surface area (Å²) < 4.78 is 9.81. The molecule has 2 atom stereocenters. The van der Waals surface area contributed by atoms with Gasteiger partial charge in [0.25, 0.3) is 0 Å². The monoisotopic (exact) mass is 215 g/mol. The zero-order valence-electron chi connectivity index (χ0n) is 8.38. The Kier molecular flexibility index (Phi) is 3.68. The number of hydrogen-bond donors (Lipinski definition) is 1. The maximum atomic E-state index is 11.4. The zero-order valence-corrected chi connectivity index (χ0v) is 8.38. The Morgan fingerprint density at radius 3 is 2.93 bits per heavy atom. The van der Waals surface area contributed by atoms with E-state index in [1.807, 2.05) is 0 Å². The molecular formula is C9H13NO5. The predicted molar refractivity (Wildman–Crippen MR) is 50.2 cm³/mol. The first-order valence-corrected chi connectivity index (χ1v) is 4.48. The van der Waals surface area contributed by atoms with Crippen LogP contribution in [-0.4, -0.2) is 47.6 Å². The Morgan fingerprint density at radius 2 is 2.40 bits per heavy atom. The van der Waals surface area contributed by atoms with E-state index in [0.717, 1.165) is 4.90 Å². The first kappa shape index (κ1) is 11.5. The summed E-state index contributed by atoms with van der Waals surface area (Å²) in [4.78, 5) is 23.3. The van der Waals surface area contributed by atoms with Crippen molar-refractivity contribution < 1.29 is 24.2 Å². The van der Waals surface area contributed by atoms with Crippen LogP contribution in [0.4, 0.5) is 4.79 Å². The van der Waals surface area contributed by atoms with Crippen molar-refractivity contribution in [1.82, 2.24) is 4.90 Å². The predicted octanol–water partition coefficient (Wildman–Crippen LogP) is 0.440. The molecule has 0 spiro atoms. The van der Waals surface area contributed by atoms with Crippen LogP contribution in [0.25, 0.3) is 0 Å². The summed E-state index contributed by atoms with van der Waals surface area (Å²) in [6.45, 7) is 5.02. The minimum absolute atomic E-state index is 0.0142. The lowest BCUT2D eigenvalue weighted by molar-refractivity contribution is -0.141. The fraction of sp³-hybridized carbons (Fsp3) is 0.556. The highest BCUT2D eigenvalue weighted by Crippen LogP contribution is 2.18. The maximum absolute atomic E-state index is 11.4. The molecule has 0 aliphatic carbocycles. The van der Waals surface area contributed by atoms with Crippen LogP contribution in [0.5, 0.6) is 0 Å². The highest BCUT2D eigenvalue weighted by Gasteiger charge is 2.40. The van der Waals surface area contributed by atoms with Crippen molar-refractivity contribution in [2.75, 3.05) is 13.2 Å². The van der Waals surface area contributed by atoms with Gasteiger partial charge in [-0.3, -0.25) is 4.90 Å². The number of nitrogens with zero attached hydrogens (tertiary/aromatic N) is 1. The first-order valence-electron chi connectivity index (χ1n) is 4.48. The van der Waals surface area contributed by atoms with Gasteiger partial charge in [-0.1, -0.05) is 12.7 Å². The molecule has 1 heterocycles. The second-order valence-electron chi connectivity index (χ2n) is 3.06. The molecule has 1 aliphatic rings. The molecular weight excluding hydrogens is 202 g/mol. The van der Waals surface area contributed by atoms with Crippen molar-refractivity contribution in [3.63, 3.8) is 0 Å². The second-order valence-corrected chi connectivity index (χ2v) is 3.06. The zero-order chi connectivity index (χ0) is 11.4. The van der Waals surface area contributed by atoms with E-state index in [1.54, 1.807) is 6.92 Å². The van der Waals surface area contributed by atoms with Gasteiger partial charge < -0.3 is 14.6 Å². The van der Waals surface area contributed by atoms with Crippen LogP contribution >= 0.6 is 0 Å². The van der Waals surface area contributed by atoms with Crippen LogP contribution < -0.4 is 0 Å². The SMILES string of the molecule is C=CCOC(=O)N1C(C(=O)O)CO[C@H]1C. The minimum atomic E-state index is -1.10. The maximum Gasteiger partial charge on any atom is 0.412 e. The lowest BCUT2D eigenvalue weighted by atomic mass is 10.3. The van der Waals surface area contributed by atoms with E-state index in [2.05, 4.69) is 6.58 Å². The van der Waals surface area contributed by atoms with Gasteiger partial charge in [0, 0.05) is 0 Å². The van der Waals surface area contributed by atoms with E-state index in [-0.39, 0.29) is 13.2 Å². The van der Waals surface area contributed by atoms with Crippen molar-refractivity contribution in [1.29, 1.82) is 0 Å². The molecule has 0 aromatic heterocycles. The topological polar surface area (TPSA) is 76.1 Å². The van der Waals surface area contributed by atoms with Gasteiger partial charge in [-0.25, -0.2) is 9.59 Å². The molecule has 0 saturated carbocycles. The molecule has 15 heavy (non-hydrogen) atoms. The lowest BCUT2D eigenvalue weighted by Crippen LogP contribution is -2.45. The van der Waals surface area contributed by atoms with Gasteiger partial charge in [0.15, 0.2) is 6.04 Å². The van der Waals surface area contributed by atoms with Crippen LogP contribution in [0.15, 0.2) is 12.7 Å². The van der Waals surface area contributed by atoms with Crippen LogP contribution in [0.3, 0.4) is 0 Å². The first-order chi connectivity index (χ1) is 7.07. The molecule has 1 rings (SSSR count). The number of carbonyl (C=O) groups is 2. The fourth-order valence-corrected chi connectivity index (χ4v) is 1.32. The molecule has 0 bridgehead atoms. The van der Waals surface area contributed by atoms with Gasteiger partial charge in [0.1, 0.15) is 12.8 Å². The number of rotatable bonds is 3. The normalized spacial score (nSPS) is 25.0. The van der Waals surface area contributed by atoms with Gasteiger partial charge in [-0.2, -0.15) is 0 Å². The molecule has 0 aromatic carbocycles. The van der Waals surface area contributed by atoms with E-state index < -0.39 is 24.3 Å². The van der Waals surface area contributed by atoms with Crippen LogP contribution in [-0.2, 0) is 14.3 Å². The van der Waals surface area contributed by atoms with Crippen LogP contribution in [0.1, 0.15) is 6.92 Å². The molecule has 0 aromatic rings. The average Bonchev–Trinajstić information content (AvgIpc) is 2.56. The van der Waals surface area contributed by atoms with Crippen molar-refractivity contribution >= 4 is 12.1 Å². The molecule has 1 unspecified atom stereocenters. The lowest BCUT2D eigenvalue weighted by Gasteiger charge is -2.22. The minimum Gasteiger partial charge on any atom is -0.480 e. The standard InChI is InChI=1S/C9H13NO5/c1-3-4-14-9(13)10-6(2)15-5-7(10)8(11)12/h3,6-7H,1,4-5H2,2H3,(H,11,12)/t6-,7?/m0/s1. The smallest absolute Gasteiger partial charge is 0.412 e. The number of carboxylic acids is 1. The molecule has 84 valence electrons. The van der Waals surface area contributed by atoms with Crippen molar-refractivity contribution in [3.8, 4) is 0 Å². The summed E-state index contributed by atoms with van der Waals surface area (Å²) in [5.74, 6) is -1.10. The van der Waals surface area contributed by atoms with Crippen LogP contribution in [0.2, 0.25) is 0 Å². The van der Waals surface area contributed by atoms with Gasteiger partial charge in [-0.15, -0.1) is 0 Å². The fourth-order valence-electron chi connectivity index (χ4n) is 1.32. The Bertz CT molecular complexity index is 278. The van der Waals surface area contributed by atoms with E-state index in [9.17, 15) is 9.59 Å². The van der Waals surface area contributed by atoms with Crippen LogP contribution in [0, 0.1) is 0 Å². The number of ether oxygens (including phenoxy) is 2. The molecule has 1 amide bonds. The number of carboxylic acid groups (broad SMARTS) is 1. The van der Waals surface area contributed by atoms with E-state index in [0.29, 0.717) is 0 Å². The Labute approximate surface area is 87.1 Å². The van der Waals surface area contributed by atoms with Gasteiger partial charge in [-0.05, 0) is 6.92 Å². The highest BCUT2D eigenvalue weighted by atomic mass is 16.6. The average molecular weight is 215 g/mol. The van der Waals surface area contributed by atoms with Gasteiger partial charge in [0.05, 0.1) is 6.61 Å².